The van der Waals surface area contributed by atoms with E-state index in [-0.39, 0.29) is 18.6 Å². The van der Waals surface area contributed by atoms with E-state index < -0.39 is 10.0 Å². The molecule has 1 fully saturated rings. The minimum atomic E-state index is -3.38. The summed E-state index contributed by atoms with van der Waals surface area (Å²) < 4.78 is 26.3. The van der Waals surface area contributed by atoms with Gasteiger partial charge >= 0.3 is 0 Å². The topological polar surface area (TPSA) is 86.7 Å². The second-order valence-electron chi connectivity index (χ2n) is 5.91. The van der Waals surface area contributed by atoms with Crippen LogP contribution in [0.1, 0.15) is 31.7 Å². The zero-order valence-electron chi connectivity index (χ0n) is 13.4. The van der Waals surface area contributed by atoms with Crippen LogP contribution in [0.5, 0.6) is 0 Å². The van der Waals surface area contributed by atoms with Crippen molar-refractivity contribution in [2.24, 2.45) is 0 Å². The molecule has 1 aromatic rings. The largest absolute Gasteiger partial charge is 0.394 e. The zero-order valence-corrected chi connectivity index (χ0v) is 14.2. The maximum Gasteiger partial charge on any atom is 0.243 e. The fourth-order valence-electron chi connectivity index (χ4n) is 2.56. The molecule has 0 aromatic heterocycles. The van der Waals surface area contributed by atoms with Gasteiger partial charge in [-0.25, -0.2) is 8.42 Å². The number of rotatable bonds is 7. The number of carbonyl (C=O) groups excluding carboxylic acids is 1. The van der Waals surface area contributed by atoms with Crippen LogP contribution in [0.2, 0.25) is 0 Å². The van der Waals surface area contributed by atoms with E-state index in [4.69, 9.17) is 5.11 Å². The van der Waals surface area contributed by atoms with E-state index >= 15 is 0 Å². The van der Waals surface area contributed by atoms with Crippen LogP contribution in [-0.2, 0) is 21.2 Å². The number of aliphatic hydroxyl groups is 1. The smallest absolute Gasteiger partial charge is 0.243 e. The highest BCUT2D eigenvalue weighted by atomic mass is 32.2. The molecule has 0 spiro atoms. The van der Waals surface area contributed by atoms with E-state index in [1.807, 2.05) is 0 Å². The number of nitrogens with zero attached hydrogens (tertiary/aromatic N) is 1. The third kappa shape index (κ3) is 4.76. The summed E-state index contributed by atoms with van der Waals surface area (Å²) in [5, 5.41) is 11.6. The molecular weight excluding hydrogens is 316 g/mol. The molecular formula is C16H24N2O4S. The zero-order chi connectivity index (χ0) is 16.9. The fraction of sp³-hybridized carbons (Fsp3) is 0.562. The molecule has 0 radical (unpaired) electrons. The molecule has 0 bridgehead atoms. The van der Waals surface area contributed by atoms with Crippen LogP contribution < -0.4 is 5.32 Å². The van der Waals surface area contributed by atoms with Crippen LogP contribution >= 0.6 is 0 Å². The minimum Gasteiger partial charge on any atom is -0.394 e. The maximum absolute atomic E-state index is 12.4. The lowest BCUT2D eigenvalue weighted by Gasteiger charge is -2.15. The Bertz CT molecular complexity index is 622. The van der Waals surface area contributed by atoms with E-state index in [9.17, 15) is 13.2 Å². The Morgan fingerprint density at radius 3 is 2.43 bits per heavy atom. The summed E-state index contributed by atoms with van der Waals surface area (Å²) >= 11 is 0. The summed E-state index contributed by atoms with van der Waals surface area (Å²) in [5.74, 6) is -0.125. The van der Waals surface area contributed by atoms with Gasteiger partial charge in [0, 0.05) is 25.6 Å². The number of aryl methyl sites for hydroxylation is 1. The number of nitrogens with one attached hydrogen (secondary N) is 1. The molecule has 7 heteroatoms. The summed E-state index contributed by atoms with van der Waals surface area (Å²) in [5.41, 5.74) is 0.914. The van der Waals surface area contributed by atoms with Crippen molar-refractivity contribution in [3.63, 3.8) is 0 Å². The average Bonchev–Trinajstić information content (AvgIpc) is 3.08. The number of carbonyl (C=O) groups is 1. The second kappa shape index (κ2) is 7.90. The molecule has 0 aliphatic carbocycles. The van der Waals surface area contributed by atoms with Gasteiger partial charge in [0.2, 0.25) is 15.9 Å². The highest BCUT2D eigenvalue weighted by molar-refractivity contribution is 7.89. The van der Waals surface area contributed by atoms with Crippen molar-refractivity contribution in [3.8, 4) is 0 Å². The summed E-state index contributed by atoms with van der Waals surface area (Å²) in [6.45, 7) is 2.82. The van der Waals surface area contributed by atoms with Crippen LogP contribution in [0.25, 0.3) is 0 Å². The van der Waals surface area contributed by atoms with Gasteiger partial charge in [0.15, 0.2) is 0 Å². The second-order valence-corrected chi connectivity index (χ2v) is 7.84. The van der Waals surface area contributed by atoms with Crippen LogP contribution in [0.4, 0.5) is 0 Å². The molecule has 128 valence electrons. The summed E-state index contributed by atoms with van der Waals surface area (Å²) in [7, 11) is -3.38. The maximum atomic E-state index is 12.4. The molecule has 2 N–H and O–H groups in total. The molecule has 1 unspecified atom stereocenters. The van der Waals surface area contributed by atoms with Gasteiger partial charge in [0.05, 0.1) is 11.5 Å². The minimum absolute atomic E-state index is 0.0885. The number of hydrogen-bond donors (Lipinski definition) is 2. The highest BCUT2D eigenvalue weighted by Gasteiger charge is 2.26. The number of sulfonamides is 1. The van der Waals surface area contributed by atoms with E-state index in [0.717, 1.165) is 18.4 Å². The fourth-order valence-corrected chi connectivity index (χ4v) is 4.07. The van der Waals surface area contributed by atoms with Gasteiger partial charge in [0.1, 0.15) is 0 Å². The third-order valence-corrected chi connectivity index (χ3v) is 5.86. The highest BCUT2D eigenvalue weighted by Crippen LogP contribution is 2.21. The Labute approximate surface area is 137 Å². The summed E-state index contributed by atoms with van der Waals surface area (Å²) in [4.78, 5) is 12.0. The Kier molecular flexibility index (Phi) is 6.15. The first-order valence-corrected chi connectivity index (χ1v) is 9.37. The van der Waals surface area contributed by atoms with Crippen LogP contribution in [0.3, 0.4) is 0 Å². The molecule has 1 aliphatic rings. The molecule has 6 nitrogen and oxygen atoms in total. The van der Waals surface area contributed by atoms with Crippen molar-refractivity contribution in [3.05, 3.63) is 29.8 Å². The predicted octanol–water partition coefficient (Wildman–Crippen LogP) is 0.901. The molecule has 23 heavy (non-hydrogen) atoms. The van der Waals surface area contributed by atoms with Crippen LogP contribution in [0, 0.1) is 0 Å². The Morgan fingerprint density at radius 1 is 1.26 bits per heavy atom. The van der Waals surface area contributed by atoms with Crippen molar-refractivity contribution >= 4 is 15.9 Å². The molecule has 0 saturated carbocycles. The van der Waals surface area contributed by atoms with Gasteiger partial charge in [0.25, 0.3) is 0 Å². The van der Waals surface area contributed by atoms with Crippen molar-refractivity contribution in [2.45, 2.75) is 43.5 Å². The van der Waals surface area contributed by atoms with Crippen molar-refractivity contribution in [1.82, 2.24) is 9.62 Å². The average molecular weight is 340 g/mol. The molecule has 1 atom stereocenters. The monoisotopic (exact) mass is 340 g/mol. The van der Waals surface area contributed by atoms with Crippen molar-refractivity contribution in [1.29, 1.82) is 0 Å². The Hall–Kier alpha value is -1.44. The van der Waals surface area contributed by atoms with E-state index in [2.05, 4.69) is 5.32 Å². The van der Waals surface area contributed by atoms with Gasteiger partial charge in [-0.3, -0.25) is 4.79 Å². The first-order chi connectivity index (χ1) is 10.9. The number of amides is 1. The number of aliphatic hydroxyl groups excluding tert-OH is 1. The SMILES string of the molecule is CC(CO)NC(=O)CCc1ccc(S(=O)(=O)N2CCCC2)cc1. The van der Waals surface area contributed by atoms with Gasteiger partial charge in [-0.05, 0) is 43.9 Å². The first-order valence-electron chi connectivity index (χ1n) is 7.93. The summed E-state index contributed by atoms with van der Waals surface area (Å²) in [6, 6.07) is 6.47. The molecule has 1 aliphatic heterocycles. The van der Waals surface area contributed by atoms with Gasteiger partial charge in [-0.1, -0.05) is 12.1 Å². The number of hydrogen-bond acceptors (Lipinski definition) is 4. The van der Waals surface area contributed by atoms with Crippen molar-refractivity contribution < 1.29 is 18.3 Å². The third-order valence-electron chi connectivity index (χ3n) is 3.95. The van der Waals surface area contributed by atoms with E-state index in [1.165, 1.54) is 4.31 Å². The van der Waals surface area contributed by atoms with Crippen LogP contribution in [-0.4, -0.2) is 49.5 Å². The lowest BCUT2D eigenvalue weighted by atomic mass is 10.1. The molecule has 2 rings (SSSR count). The predicted molar refractivity (Wildman–Crippen MR) is 87.4 cm³/mol. The quantitative estimate of drug-likeness (QED) is 0.772. The lowest BCUT2D eigenvalue weighted by Crippen LogP contribution is -2.35. The molecule has 1 amide bonds. The van der Waals surface area contributed by atoms with Gasteiger partial charge in [-0.15, -0.1) is 0 Å². The number of benzene rings is 1. The van der Waals surface area contributed by atoms with E-state index in [0.29, 0.717) is 30.8 Å². The van der Waals surface area contributed by atoms with Gasteiger partial charge in [-0.2, -0.15) is 4.31 Å². The Morgan fingerprint density at radius 2 is 1.87 bits per heavy atom. The molecule has 1 saturated heterocycles. The standard InChI is InChI=1S/C16H24N2O4S/c1-13(12-19)17-16(20)9-6-14-4-7-15(8-5-14)23(21,22)18-10-2-3-11-18/h4-5,7-8,13,19H,2-3,6,9-12H2,1H3,(H,17,20). The summed E-state index contributed by atoms with van der Waals surface area (Å²) in [6.07, 6.45) is 2.67. The first kappa shape index (κ1) is 17.9. The normalized spacial score (nSPS) is 17.1. The van der Waals surface area contributed by atoms with Crippen molar-refractivity contribution in [2.75, 3.05) is 19.7 Å². The Balaban J connectivity index is 1.93. The molecule has 1 heterocycles. The molecule has 1 aromatic carbocycles. The van der Waals surface area contributed by atoms with Crippen LogP contribution in [0.15, 0.2) is 29.2 Å². The van der Waals surface area contributed by atoms with E-state index in [1.54, 1.807) is 31.2 Å². The van der Waals surface area contributed by atoms with Gasteiger partial charge < -0.3 is 10.4 Å². The lowest BCUT2D eigenvalue weighted by molar-refractivity contribution is -0.121.